The van der Waals surface area contributed by atoms with Gasteiger partial charge in [0, 0.05) is 7.11 Å². The second kappa shape index (κ2) is 9.96. The molecule has 0 bridgehead atoms. The van der Waals surface area contributed by atoms with Crippen molar-refractivity contribution in [1.82, 2.24) is 0 Å². The van der Waals surface area contributed by atoms with Gasteiger partial charge in [-0.25, -0.2) is 0 Å². The summed E-state index contributed by atoms with van der Waals surface area (Å²) in [5.41, 5.74) is 0. The molecule has 0 amide bonds. The van der Waals surface area contributed by atoms with Crippen molar-refractivity contribution in [2.45, 2.75) is 53.6 Å². The van der Waals surface area contributed by atoms with Gasteiger partial charge in [-0.15, -0.1) is 0 Å². The van der Waals surface area contributed by atoms with Gasteiger partial charge in [-0.05, 0) is 25.7 Å². The highest BCUT2D eigenvalue weighted by atomic mass is 16.5. The summed E-state index contributed by atoms with van der Waals surface area (Å²) in [6.07, 6.45) is 2.90. The molecule has 0 aliphatic heterocycles. The fourth-order valence-corrected chi connectivity index (χ4v) is 0.686. The molecule has 0 saturated heterocycles. The van der Waals surface area contributed by atoms with Gasteiger partial charge < -0.3 is 4.74 Å². The van der Waals surface area contributed by atoms with E-state index in [4.69, 9.17) is 4.74 Å². The van der Waals surface area contributed by atoms with E-state index < -0.39 is 0 Å². The molecule has 1 atom stereocenters. The van der Waals surface area contributed by atoms with E-state index in [0.717, 1.165) is 5.92 Å². The molecule has 0 rings (SSSR count). The van der Waals surface area contributed by atoms with Crippen LogP contribution in [0.2, 0.25) is 0 Å². The highest BCUT2D eigenvalue weighted by molar-refractivity contribution is 4.51. The van der Waals surface area contributed by atoms with Crippen molar-refractivity contribution in [3.05, 3.63) is 0 Å². The monoisotopic (exact) mass is 160 g/mol. The van der Waals surface area contributed by atoms with Crippen molar-refractivity contribution in [3.8, 4) is 0 Å². The maximum Gasteiger partial charge on any atom is 0.0543 e. The van der Waals surface area contributed by atoms with E-state index in [1.165, 1.54) is 12.8 Å². The van der Waals surface area contributed by atoms with Crippen molar-refractivity contribution in [3.63, 3.8) is 0 Å². The lowest BCUT2D eigenvalue weighted by Crippen LogP contribution is -2.05. The number of rotatable bonds is 4. The first-order chi connectivity index (χ1) is 5.16. The van der Waals surface area contributed by atoms with E-state index in [1.54, 1.807) is 7.11 Å². The van der Waals surface area contributed by atoms with Crippen molar-refractivity contribution in [2.24, 2.45) is 5.92 Å². The van der Waals surface area contributed by atoms with Crippen LogP contribution in [0.15, 0.2) is 0 Å². The highest BCUT2D eigenvalue weighted by Crippen LogP contribution is 2.07. The summed E-state index contributed by atoms with van der Waals surface area (Å²) in [5, 5.41) is 0. The molecule has 0 heterocycles. The van der Waals surface area contributed by atoms with Crippen LogP contribution in [-0.2, 0) is 4.74 Å². The Labute approximate surface area is 72.1 Å². The van der Waals surface area contributed by atoms with Crippen LogP contribution >= 0.6 is 0 Å². The van der Waals surface area contributed by atoms with E-state index in [-0.39, 0.29) is 0 Å². The van der Waals surface area contributed by atoms with Crippen LogP contribution in [0, 0.1) is 5.92 Å². The lowest BCUT2D eigenvalue weighted by Gasteiger charge is -2.09. The topological polar surface area (TPSA) is 9.23 Å². The summed E-state index contributed by atoms with van der Waals surface area (Å²) in [7, 11) is 1.77. The highest BCUT2D eigenvalue weighted by Gasteiger charge is 1.99. The summed E-state index contributed by atoms with van der Waals surface area (Å²) in [6, 6.07) is 0. The van der Waals surface area contributed by atoms with Gasteiger partial charge in [0.05, 0.1) is 6.10 Å². The van der Waals surface area contributed by atoms with Gasteiger partial charge in [0.15, 0.2) is 0 Å². The normalized spacial score (nSPS) is 12.3. The standard InChI is InChI=1S/C8H18O.C2H6/c1-7(2)5-6-8(3)9-4;1-2/h7-8H,5-6H2,1-4H3;1-2H3. The average Bonchev–Trinajstić information content (AvgIpc) is 2.04. The molecule has 0 aromatic heterocycles. The van der Waals surface area contributed by atoms with E-state index in [2.05, 4.69) is 20.8 Å². The Morgan fingerprint density at radius 1 is 1.00 bits per heavy atom. The van der Waals surface area contributed by atoms with Crippen molar-refractivity contribution >= 4 is 0 Å². The summed E-state index contributed by atoms with van der Waals surface area (Å²) >= 11 is 0. The largest absolute Gasteiger partial charge is 0.382 e. The molecule has 0 aromatic rings. The predicted molar refractivity (Wildman–Crippen MR) is 51.9 cm³/mol. The Morgan fingerprint density at radius 2 is 1.45 bits per heavy atom. The number of ether oxygens (including phenoxy) is 1. The molecule has 1 unspecified atom stereocenters. The molecule has 0 aromatic carbocycles. The molecule has 70 valence electrons. The Bertz CT molecular complexity index is 59.9. The van der Waals surface area contributed by atoms with Crippen LogP contribution in [0.25, 0.3) is 0 Å². The molecule has 11 heavy (non-hydrogen) atoms. The molecule has 0 spiro atoms. The van der Waals surface area contributed by atoms with Gasteiger partial charge in [0.25, 0.3) is 0 Å². The zero-order valence-electron chi connectivity index (χ0n) is 8.98. The smallest absolute Gasteiger partial charge is 0.0543 e. The summed E-state index contributed by atoms with van der Waals surface area (Å²) in [6.45, 7) is 10.6. The van der Waals surface area contributed by atoms with Crippen LogP contribution in [0.1, 0.15) is 47.5 Å². The molecule has 1 heteroatoms. The van der Waals surface area contributed by atoms with E-state index >= 15 is 0 Å². The maximum atomic E-state index is 5.10. The summed E-state index contributed by atoms with van der Waals surface area (Å²) < 4.78 is 5.10. The molecule has 0 aliphatic rings. The number of hydrogen-bond donors (Lipinski definition) is 0. The Morgan fingerprint density at radius 3 is 1.73 bits per heavy atom. The van der Waals surface area contributed by atoms with E-state index in [9.17, 15) is 0 Å². The fraction of sp³-hybridized carbons (Fsp3) is 1.00. The molecule has 0 N–H and O–H groups in total. The van der Waals surface area contributed by atoms with Gasteiger partial charge in [-0.1, -0.05) is 27.7 Å². The van der Waals surface area contributed by atoms with Crippen molar-refractivity contribution in [1.29, 1.82) is 0 Å². The average molecular weight is 160 g/mol. The van der Waals surface area contributed by atoms with Gasteiger partial charge in [-0.3, -0.25) is 0 Å². The minimum Gasteiger partial charge on any atom is -0.382 e. The third kappa shape index (κ3) is 13.0. The van der Waals surface area contributed by atoms with Crippen molar-refractivity contribution < 1.29 is 4.74 Å². The van der Waals surface area contributed by atoms with Gasteiger partial charge >= 0.3 is 0 Å². The summed E-state index contributed by atoms with van der Waals surface area (Å²) in [4.78, 5) is 0. The first kappa shape index (κ1) is 13.5. The van der Waals surface area contributed by atoms with Crippen LogP contribution in [-0.4, -0.2) is 13.2 Å². The van der Waals surface area contributed by atoms with Crippen LogP contribution in [0.3, 0.4) is 0 Å². The molecular weight excluding hydrogens is 136 g/mol. The third-order valence-corrected chi connectivity index (χ3v) is 1.55. The molecule has 0 aliphatic carbocycles. The lowest BCUT2D eigenvalue weighted by atomic mass is 10.1. The quantitative estimate of drug-likeness (QED) is 0.611. The SMILES string of the molecule is CC.COC(C)CCC(C)C. The maximum absolute atomic E-state index is 5.10. The molecule has 0 fully saturated rings. The minimum atomic E-state index is 0.437. The number of hydrogen-bond acceptors (Lipinski definition) is 1. The lowest BCUT2D eigenvalue weighted by molar-refractivity contribution is 0.106. The Kier molecular flexibility index (Phi) is 12.3. The first-order valence-electron chi connectivity index (χ1n) is 4.69. The van der Waals surface area contributed by atoms with Gasteiger partial charge in [0.1, 0.15) is 0 Å². The minimum absolute atomic E-state index is 0.437. The molecule has 0 radical (unpaired) electrons. The van der Waals surface area contributed by atoms with E-state index in [0.29, 0.717) is 6.10 Å². The fourth-order valence-electron chi connectivity index (χ4n) is 0.686. The molecule has 0 saturated carbocycles. The molecule has 1 nitrogen and oxygen atoms in total. The Hall–Kier alpha value is -0.0400. The predicted octanol–water partition coefficient (Wildman–Crippen LogP) is 3.48. The first-order valence-corrected chi connectivity index (χ1v) is 4.69. The third-order valence-electron chi connectivity index (χ3n) is 1.55. The summed E-state index contributed by atoms with van der Waals surface area (Å²) in [5.74, 6) is 0.808. The van der Waals surface area contributed by atoms with Crippen LogP contribution < -0.4 is 0 Å². The van der Waals surface area contributed by atoms with Crippen LogP contribution in [0.4, 0.5) is 0 Å². The van der Waals surface area contributed by atoms with E-state index in [1.807, 2.05) is 13.8 Å². The zero-order valence-corrected chi connectivity index (χ0v) is 8.98. The second-order valence-corrected chi connectivity index (χ2v) is 3.02. The second-order valence-electron chi connectivity index (χ2n) is 3.02. The van der Waals surface area contributed by atoms with Gasteiger partial charge in [0.2, 0.25) is 0 Å². The number of methoxy groups -OCH3 is 1. The molecular formula is C10H24O. The van der Waals surface area contributed by atoms with Gasteiger partial charge in [-0.2, -0.15) is 0 Å². The zero-order chi connectivity index (χ0) is 9.28. The van der Waals surface area contributed by atoms with Crippen molar-refractivity contribution in [2.75, 3.05) is 7.11 Å². The Balaban J connectivity index is 0. The van der Waals surface area contributed by atoms with Crippen LogP contribution in [0.5, 0.6) is 0 Å².